The Labute approximate surface area is 159 Å². The van der Waals surface area contributed by atoms with Gasteiger partial charge in [-0.05, 0) is 49.2 Å². The number of nitrogens with zero attached hydrogens (tertiary/aromatic N) is 4. The quantitative estimate of drug-likeness (QED) is 0.757. The summed E-state index contributed by atoms with van der Waals surface area (Å²) >= 11 is 0. The molecule has 1 N–H and O–H groups in total. The number of hydrogen-bond acceptors (Lipinski definition) is 4. The highest BCUT2D eigenvalue weighted by Gasteiger charge is 2.28. The molecule has 27 heavy (non-hydrogen) atoms. The van der Waals surface area contributed by atoms with Crippen molar-refractivity contribution in [2.24, 2.45) is 7.05 Å². The lowest BCUT2D eigenvalue weighted by Gasteiger charge is -2.34. The summed E-state index contributed by atoms with van der Waals surface area (Å²) in [5.74, 6) is 0.969. The number of likely N-dealkylation sites (tertiary alicyclic amines) is 1. The summed E-state index contributed by atoms with van der Waals surface area (Å²) < 4.78 is 2.05. The Kier molecular flexibility index (Phi) is 5.16. The lowest BCUT2D eigenvalue weighted by atomic mass is 10.0. The number of nitrogens with one attached hydrogen (secondary N) is 1. The molecule has 0 aliphatic carbocycles. The fourth-order valence-electron chi connectivity index (χ4n) is 3.84. The van der Waals surface area contributed by atoms with Crippen molar-refractivity contribution in [3.05, 3.63) is 60.2 Å². The van der Waals surface area contributed by atoms with Crippen molar-refractivity contribution in [1.82, 2.24) is 24.8 Å². The number of rotatable bonds is 5. The van der Waals surface area contributed by atoms with Crippen LogP contribution in [0.25, 0.3) is 11.0 Å². The molecule has 3 heterocycles. The summed E-state index contributed by atoms with van der Waals surface area (Å²) in [6.07, 6.45) is 6.75. The van der Waals surface area contributed by atoms with Gasteiger partial charge in [-0.25, -0.2) is 4.98 Å². The van der Waals surface area contributed by atoms with E-state index in [-0.39, 0.29) is 11.9 Å². The molecule has 6 nitrogen and oxygen atoms in total. The fraction of sp³-hybridized carbons (Fsp3) is 0.381. The van der Waals surface area contributed by atoms with Gasteiger partial charge in [-0.15, -0.1) is 0 Å². The first-order valence-corrected chi connectivity index (χ1v) is 9.53. The number of aryl methyl sites for hydroxylation is 1. The normalized spacial score (nSPS) is 17.9. The molecule has 140 valence electrons. The lowest BCUT2D eigenvalue weighted by molar-refractivity contribution is -0.128. The Hall–Kier alpha value is -2.73. The molecule has 0 bridgehead atoms. The van der Waals surface area contributed by atoms with Gasteiger partial charge in [0.2, 0.25) is 5.91 Å². The van der Waals surface area contributed by atoms with E-state index < -0.39 is 0 Å². The van der Waals surface area contributed by atoms with Gasteiger partial charge >= 0.3 is 0 Å². The van der Waals surface area contributed by atoms with Gasteiger partial charge in [0.25, 0.3) is 0 Å². The van der Waals surface area contributed by atoms with E-state index in [0.717, 1.165) is 49.2 Å². The molecule has 1 fully saturated rings. The number of fused-ring (bicyclic) bond motifs is 1. The fourth-order valence-corrected chi connectivity index (χ4v) is 3.84. The highest BCUT2D eigenvalue weighted by molar-refractivity contribution is 5.82. The minimum absolute atomic E-state index is 0.0819. The van der Waals surface area contributed by atoms with Gasteiger partial charge in [-0.2, -0.15) is 0 Å². The Morgan fingerprint density at radius 1 is 1.19 bits per heavy atom. The summed E-state index contributed by atoms with van der Waals surface area (Å²) in [5, 5.41) is 3.11. The van der Waals surface area contributed by atoms with E-state index in [0.29, 0.717) is 6.54 Å². The van der Waals surface area contributed by atoms with Crippen molar-refractivity contribution >= 4 is 16.9 Å². The standard InChI is InChI=1S/C21H25N5O/c1-25-18-7-3-2-6-17(18)24-20(25)14-23-21(27)19-8-4-5-13-26(19)15-16-9-11-22-12-10-16/h2-3,6-7,9-12,19H,4-5,8,13-15H2,1H3,(H,23,27). The van der Waals surface area contributed by atoms with Crippen LogP contribution >= 0.6 is 0 Å². The molecule has 6 heteroatoms. The number of imidazole rings is 1. The molecule has 1 atom stereocenters. The van der Waals surface area contributed by atoms with E-state index in [2.05, 4.69) is 20.2 Å². The molecule has 3 aromatic rings. The maximum absolute atomic E-state index is 12.9. The topological polar surface area (TPSA) is 63.1 Å². The van der Waals surface area contributed by atoms with E-state index in [1.165, 1.54) is 5.56 Å². The van der Waals surface area contributed by atoms with E-state index in [4.69, 9.17) is 0 Å². The van der Waals surface area contributed by atoms with Gasteiger partial charge in [0.15, 0.2) is 0 Å². The van der Waals surface area contributed by atoms with Crippen LogP contribution in [0.4, 0.5) is 0 Å². The summed E-state index contributed by atoms with van der Waals surface area (Å²) in [7, 11) is 1.99. The second kappa shape index (κ2) is 7.88. The van der Waals surface area contributed by atoms with Crippen LogP contribution < -0.4 is 5.32 Å². The van der Waals surface area contributed by atoms with Crippen molar-refractivity contribution in [1.29, 1.82) is 0 Å². The molecule has 1 aliphatic heterocycles. The first-order chi connectivity index (χ1) is 13.2. The summed E-state index contributed by atoms with van der Waals surface area (Å²) in [6, 6.07) is 12.0. The average molecular weight is 363 g/mol. The number of amides is 1. The predicted molar refractivity (Wildman–Crippen MR) is 105 cm³/mol. The average Bonchev–Trinajstić information content (AvgIpc) is 3.03. The van der Waals surface area contributed by atoms with Gasteiger partial charge in [-0.1, -0.05) is 18.6 Å². The molecule has 1 saturated heterocycles. The minimum atomic E-state index is -0.0819. The number of hydrogen-bond donors (Lipinski definition) is 1. The van der Waals surface area contributed by atoms with E-state index in [9.17, 15) is 4.79 Å². The summed E-state index contributed by atoms with van der Waals surface area (Å²) in [5.41, 5.74) is 3.24. The minimum Gasteiger partial charge on any atom is -0.348 e. The number of aromatic nitrogens is 3. The predicted octanol–water partition coefficient (Wildman–Crippen LogP) is 2.64. The van der Waals surface area contributed by atoms with Crippen LogP contribution in [0.3, 0.4) is 0 Å². The SMILES string of the molecule is Cn1c(CNC(=O)C2CCCCN2Cc2ccncc2)nc2ccccc21. The van der Waals surface area contributed by atoms with Crippen LogP contribution in [0, 0.1) is 0 Å². The highest BCUT2D eigenvalue weighted by atomic mass is 16.2. The molecule has 0 spiro atoms. The van der Waals surface area contributed by atoms with Crippen LogP contribution in [0.2, 0.25) is 0 Å². The molecule has 0 saturated carbocycles. The molecule has 1 aliphatic rings. The molecule has 0 radical (unpaired) electrons. The Bertz CT molecular complexity index is 921. The van der Waals surface area contributed by atoms with Gasteiger partial charge < -0.3 is 9.88 Å². The van der Waals surface area contributed by atoms with Crippen LogP contribution in [0.5, 0.6) is 0 Å². The molecular formula is C21H25N5O. The smallest absolute Gasteiger partial charge is 0.237 e. The monoisotopic (exact) mass is 363 g/mol. The first kappa shape index (κ1) is 17.7. The van der Waals surface area contributed by atoms with Crippen molar-refractivity contribution in [2.45, 2.75) is 38.4 Å². The molecule has 1 amide bonds. The molecule has 1 aromatic carbocycles. The van der Waals surface area contributed by atoms with Crippen molar-refractivity contribution in [3.8, 4) is 0 Å². The third-order valence-corrected chi connectivity index (χ3v) is 5.35. The van der Waals surface area contributed by atoms with Gasteiger partial charge in [0.1, 0.15) is 5.82 Å². The number of para-hydroxylation sites is 2. The Morgan fingerprint density at radius 2 is 2.00 bits per heavy atom. The van der Waals surface area contributed by atoms with Crippen molar-refractivity contribution in [2.75, 3.05) is 6.54 Å². The molecule has 1 unspecified atom stereocenters. The number of carbonyl (C=O) groups is 1. The maximum atomic E-state index is 12.9. The Morgan fingerprint density at radius 3 is 2.81 bits per heavy atom. The number of carbonyl (C=O) groups excluding carboxylic acids is 1. The largest absolute Gasteiger partial charge is 0.348 e. The van der Waals surface area contributed by atoms with Crippen LogP contribution in [-0.4, -0.2) is 37.9 Å². The zero-order valence-electron chi connectivity index (χ0n) is 15.6. The second-order valence-electron chi connectivity index (χ2n) is 7.13. The van der Waals surface area contributed by atoms with E-state index in [1.54, 1.807) is 12.4 Å². The third-order valence-electron chi connectivity index (χ3n) is 5.35. The van der Waals surface area contributed by atoms with Crippen molar-refractivity contribution < 1.29 is 4.79 Å². The second-order valence-corrected chi connectivity index (χ2v) is 7.13. The molecule has 4 rings (SSSR count). The molecular weight excluding hydrogens is 338 g/mol. The number of benzene rings is 1. The summed E-state index contributed by atoms with van der Waals surface area (Å²) in [4.78, 5) is 23.9. The third kappa shape index (κ3) is 3.85. The molecule has 2 aromatic heterocycles. The highest BCUT2D eigenvalue weighted by Crippen LogP contribution is 2.20. The van der Waals surface area contributed by atoms with E-state index in [1.807, 2.05) is 48.0 Å². The van der Waals surface area contributed by atoms with Gasteiger partial charge in [0.05, 0.1) is 23.6 Å². The number of piperidine rings is 1. The zero-order valence-corrected chi connectivity index (χ0v) is 15.6. The maximum Gasteiger partial charge on any atom is 0.237 e. The lowest BCUT2D eigenvalue weighted by Crippen LogP contribution is -2.49. The van der Waals surface area contributed by atoms with Crippen molar-refractivity contribution in [3.63, 3.8) is 0 Å². The first-order valence-electron chi connectivity index (χ1n) is 9.53. The number of pyridine rings is 1. The van der Waals surface area contributed by atoms with Gasteiger partial charge in [0, 0.05) is 26.0 Å². The van der Waals surface area contributed by atoms with Crippen LogP contribution in [0.15, 0.2) is 48.8 Å². The van der Waals surface area contributed by atoms with Gasteiger partial charge in [-0.3, -0.25) is 14.7 Å². The summed E-state index contributed by atoms with van der Waals surface area (Å²) in [6.45, 7) is 2.18. The zero-order chi connectivity index (χ0) is 18.6. The van der Waals surface area contributed by atoms with E-state index >= 15 is 0 Å². The van der Waals surface area contributed by atoms with Crippen LogP contribution in [-0.2, 0) is 24.9 Å². The van der Waals surface area contributed by atoms with Crippen LogP contribution in [0.1, 0.15) is 30.7 Å². The Balaban J connectivity index is 1.43.